The smallest absolute Gasteiger partial charge is 0.258 e. The summed E-state index contributed by atoms with van der Waals surface area (Å²) in [6, 6.07) is 5.26. The Balaban J connectivity index is 2.55. The molecule has 0 heterocycles. The Morgan fingerprint density at radius 3 is 2.77 bits per heavy atom. The largest absolute Gasteiger partial charge is 0.273 e. The van der Waals surface area contributed by atoms with Crippen molar-refractivity contribution < 1.29 is 4.92 Å². The van der Waals surface area contributed by atoms with Gasteiger partial charge in [0.25, 0.3) is 5.69 Å². The zero-order valence-electron chi connectivity index (χ0n) is 7.06. The van der Waals surface area contributed by atoms with Gasteiger partial charge in [-0.25, -0.2) is 0 Å². The summed E-state index contributed by atoms with van der Waals surface area (Å²) < 4.78 is 0. The lowest BCUT2D eigenvalue weighted by atomic mass is 9.95. The molecule has 66 valence electrons. The highest BCUT2D eigenvalue weighted by atomic mass is 16.6. The number of rotatable bonds is 1. The number of benzene rings is 1. The van der Waals surface area contributed by atoms with E-state index in [9.17, 15) is 10.1 Å². The second-order valence-corrected chi connectivity index (χ2v) is 3.05. The van der Waals surface area contributed by atoms with E-state index in [2.05, 4.69) is 0 Å². The van der Waals surface area contributed by atoms with Gasteiger partial charge in [0.05, 0.1) is 4.92 Å². The van der Waals surface area contributed by atoms with E-state index in [1.54, 1.807) is 12.1 Å². The van der Waals surface area contributed by atoms with Crippen molar-refractivity contribution in [2.75, 3.05) is 0 Å². The van der Waals surface area contributed by atoms with Crippen LogP contribution in [0.4, 0.5) is 5.69 Å². The molecule has 0 atom stereocenters. The van der Waals surface area contributed by atoms with Crippen LogP contribution in [0.25, 0.3) is 0 Å². The second kappa shape index (κ2) is 3.01. The Morgan fingerprint density at radius 2 is 2.00 bits per heavy atom. The van der Waals surface area contributed by atoms with Crippen molar-refractivity contribution in [2.24, 2.45) is 0 Å². The molecular formula is C10H9NO2. The van der Waals surface area contributed by atoms with Crippen LogP contribution in [-0.4, -0.2) is 4.92 Å². The van der Waals surface area contributed by atoms with Gasteiger partial charge in [-0.1, -0.05) is 24.3 Å². The fourth-order valence-corrected chi connectivity index (χ4v) is 1.63. The molecule has 3 nitrogen and oxygen atoms in total. The van der Waals surface area contributed by atoms with Crippen LogP contribution in [-0.2, 0) is 12.8 Å². The third-order valence-corrected chi connectivity index (χ3v) is 2.27. The molecule has 1 aromatic carbocycles. The van der Waals surface area contributed by atoms with Crippen molar-refractivity contribution in [2.45, 2.75) is 12.8 Å². The van der Waals surface area contributed by atoms with Crippen LogP contribution < -0.4 is 0 Å². The van der Waals surface area contributed by atoms with Crippen LogP contribution >= 0.6 is 0 Å². The molecule has 0 unspecified atom stereocenters. The molecule has 1 aliphatic rings. The minimum atomic E-state index is -0.308. The molecule has 0 bridgehead atoms. The zero-order chi connectivity index (χ0) is 9.26. The van der Waals surface area contributed by atoms with Gasteiger partial charge in [-0.15, -0.1) is 0 Å². The minimum Gasteiger partial charge on any atom is -0.258 e. The molecule has 0 radical (unpaired) electrons. The Morgan fingerprint density at radius 1 is 1.23 bits per heavy atom. The van der Waals surface area contributed by atoms with Crippen molar-refractivity contribution in [3.63, 3.8) is 0 Å². The van der Waals surface area contributed by atoms with Crippen LogP contribution in [0.3, 0.4) is 0 Å². The van der Waals surface area contributed by atoms with Crippen molar-refractivity contribution in [3.05, 3.63) is 51.6 Å². The highest BCUT2D eigenvalue weighted by Crippen LogP contribution is 2.26. The predicted molar refractivity (Wildman–Crippen MR) is 49.6 cm³/mol. The van der Waals surface area contributed by atoms with Crippen LogP contribution in [0.15, 0.2) is 30.4 Å². The number of nitro groups is 1. The van der Waals surface area contributed by atoms with Crippen molar-refractivity contribution in [1.82, 2.24) is 0 Å². The van der Waals surface area contributed by atoms with E-state index < -0.39 is 0 Å². The van der Waals surface area contributed by atoms with Crippen molar-refractivity contribution in [1.29, 1.82) is 0 Å². The average molecular weight is 175 g/mol. The van der Waals surface area contributed by atoms with Crippen molar-refractivity contribution >= 4 is 5.69 Å². The molecule has 0 spiro atoms. The molecular weight excluding hydrogens is 166 g/mol. The lowest BCUT2D eigenvalue weighted by Gasteiger charge is -2.09. The van der Waals surface area contributed by atoms with Gasteiger partial charge in [-0.2, -0.15) is 0 Å². The first-order valence-electron chi connectivity index (χ1n) is 4.19. The summed E-state index contributed by atoms with van der Waals surface area (Å²) in [6.45, 7) is 0. The van der Waals surface area contributed by atoms with E-state index in [1.165, 1.54) is 0 Å². The molecule has 0 fully saturated rings. The fraction of sp³-hybridized carbons (Fsp3) is 0.200. The average Bonchev–Trinajstić information content (AvgIpc) is 2.17. The van der Waals surface area contributed by atoms with Gasteiger partial charge in [0, 0.05) is 11.6 Å². The summed E-state index contributed by atoms with van der Waals surface area (Å²) >= 11 is 0. The van der Waals surface area contributed by atoms with E-state index in [4.69, 9.17) is 0 Å². The number of nitro benzene ring substituents is 1. The molecule has 1 aromatic rings. The molecule has 1 aliphatic carbocycles. The topological polar surface area (TPSA) is 43.1 Å². The first-order valence-corrected chi connectivity index (χ1v) is 4.19. The van der Waals surface area contributed by atoms with Gasteiger partial charge >= 0.3 is 0 Å². The van der Waals surface area contributed by atoms with E-state index in [-0.39, 0.29) is 10.6 Å². The molecule has 0 N–H and O–H groups in total. The van der Waals surface area contributed by atoms with Gasteiger partial charge in [-0.05, 0) is 18.4 Å². The van der Waals surface area contributed by atoms with Gasteiger partial charge in [0.15, 0.2) is 0 Å². The van der Waals surface area contributed by atoms with Gasteiger partial charge in [0.1, 0.15) is 0 Å². The van der Waals surface area contributed by atoms with Gasteiger partial charge < -0.3 is 0 Å². The maximum Gasteiger partial charge on any atom is 0.273 e. The molecule has 2 rings (SSSR count). The van der Waals surface area contributed by atoms with Crippen LogP contribution in [0.2, 0.25) is 0 Å². The van der Waals surface area contributed by atoms with E-state index in [0.717, 1.165) is 17.5 Å². The van der Waals surface area contributed by atoms with E-state index in [1.807, 2.05) is 18.2 Å². The number of nitrogens with zero attached hydrogens (tertiary/aromatic N) is 1. The Hall–Kier alpha value is -1.64. The summed E-state index contributed by atoms with van der Waals surface area (Å²) in [5.41, 5.74) is 2.20. The molecule has 0 amide bonds. The number of fused-ring (bicyclic) bond motifs is 1. The third-order valence-electron chi connectivity index (χ3n) is 2.27. The minimum absolute atomic E-state index is 0.252. The normalized spacial score (nSPS) is 13.8. The maximum atomic E-state index is 10.7. The van der Waals surface area contributed by atoms with Gasteiger partial charge in [0.2, 0.25) is 0 Å². The summed E-state index contributed by atoms with van der Waals surface area (Å²) in [4.78, 5) is 10.3. The number of hydrogen-bond acceptors (Lipinski definition) is 2. The Bertz CT molecular complexity index is 383. The first-order chi connectivity index (χ1) is 6.29. The molecule has 0 saturated carbocycles. The van der Waals surface area contributed by atoms with Crippen LogP contribution in [0.5, 0.6) is 0 Å². The molecule has 13 heavy (non-hydrogen) atoms. The lowest BCUT2D eigenvalue weighted by molar-refractivity contribution is -0.385. The summed E-state index contributed by atoms with van der Waals surface area (Å²) in [6.07, 6.45) is 5.53. The number of allylic oxidation sites excluding steroid dienone is 2. The standard InChI is InChI=1S/C10H9NO2/c12-11(13)10-7-3-5-8-4-1-2-6-9(8)10/h1-3,5,7H,4,6H2. The SMILES string of the molecule is O=[N+]([O-])c1cccc2c1CC=CC2. The maximum absolute atomic E-state index is 10.7. The molecule has 3 heteroatoms. The first kappa shape index (κ1) is 7.98. The third kappa shape index (κ3) is 1.33. The number of hydrogen-bond donors (Lipinski definition) is 0. The van der Waals surface area contributed by atoms with Crippen LogP contribution in [0.1, 0.15) is 11.1 Å². The van der Waals surface area contributed by atoms with Crippen LogP contribution in [0, 0.1) is 10.1 Å². The molecule has 0 aromatic heterocycles. The Kier molecular flexibility index (Phi) is 1.85. The lowest BCUT2D eigenvalue weighted by Crippen LogP contribution is -2.02. The summed E-state index contributed by atoms with van der Waals surface area (Å²) in [5.74, 6) is 0. The summed E-state index contributed by atoms with van der Waals surface area (Å²) in [5, 5.41) is 10.7. The van der Waals surface area contributed by atoms with E-state index in [0.29, 0.717) is 6.42 Å². The zero-order valence-corrected chi connectivity index (χ0v) is 7.06. The highest BCUT2D eigenvalue weighted by molar-refractivity contribution is 5.48. The van der Waals surface area contributed by atoms with E-state index >= 15 is 0 Å². The van der Waals surface area contributed by atoms with Crippen molar-refractivity contribution in [3.8, 4) is 0 Å². The predicted octanol–water partition coefficient (Wildman–Crippen LogP) is 2.25. The quantitative estimate of drug-likeness (QED) is 0.373. The highest BCUT2D eigenvalue weighted by Gasteiger charge is 2.16. The van der Waals surface area contributed by atoms with Gasteiger partial charge in [-0.3, -0.25) is 10.1 Å². The Labute approximate surface area is 75.8 Å². The molecule has 0 aliphatic heterocycles. The fourth-order valence-electron chi connectivity index (χ4n) is 1.63. The monoisotopic (exact) mass is 175 g/mol. The summed E-state index contributed by atoms with van der Waals surface area (Å²) in [7, 11) is 0. The second-order valence-electron chi connectivity index (χ2n) is 3.05. The molecule has 0 saturated heterocycles.